The zero-order chi connectivity index (χ0) is 12.8. The Morgan fingerprint density at radius 1 is 1.06 bits per heavy atom. The van der Waals surface area contributed by atoms with Crippen molar-refractivity contribution in [3.8, 4) is 0 Å². The van der Waals surface area contributed by atoms with Crippen molar-refractivity contribution in [3.05, 3.63) is 35.9 Å². The highest BCUT2D eigenvalue weighted by Crippen LogP contribution is 2.36. The molecule has 1 unspecified atom stereocenters. The van der Waals surface area contributed by atoms with Crippen LogP contribution in [0.15, 0.2) is 30.3 Å². The quantitative estimate of drug-likeness (QED) is 0.646. The van der Waals surface area contributed by atoms with Crippen molar-refractivity contribution in [2.75, 3.05) is 19.6 Å². The van der Waals surface area contributed by atoms with E-state index in [4.69, 9.17) is 0 Å². The number of likely N-dealkylation sites (tertiary alicyclic amines) is 1. The molecule has 0 saturated carbocycles. The summed E-state index contributed by atoms with van der Waals surface area (Å²) in [7, 11) is 0. The fourth-order valence-corrected chi connectivity index (χ4v) is 3.74. The molecule has 0 N–H and O–H groups in total. The first-order valence-electron chi connectivity index (χ1n) is 7.73. The van der Waals surface area contributed by atoms with Gasteiger partial charge in [0.15, 0.2) is 0 Å². The van der Waals surface area contributed by atoms with Crippen LogP contribution in [0.3, 0.4) is 0 Å². The van der Waals surface area contributed by atoms with Gasteiger partial charge in [-0.1, -0.05) is 50.6 Å². The number of benzene rings is 1. The molecule has 0 aromatic heterocycles. The third-order valence-corrected chi connectivity index (χ3v) is 4.65. The Morgan fingerprint density at radius 2 is 1.72 bits per heavy atom. The molecule has 0 aliphatic carbocycles. The van der Waals surface area contributed by atoms with Gasteiger partial charge in [0.05, 0.1) is 19.6 Å². The lowest BCUT2D eigenvalue weighted by Crippen LogP contribution is -2.48. The van der Waals surface area contributed by atoms with Crippen molar-refractivity contribution in [1.29, 1.82) is 0 Å². The van der Waals surface area contributed by atoms with Gasteiger partial charge in [-0.05, 0) is 6.42 Å². The molecule has 1 aromatic rings. The fourth-order valence-electron chi connectivity index (χ4n) is 3.74. The zero-order valence-corrected chi connectivity index (χ0v) is 12.1. The van der Waals surface area contributed by atoms with E-state index in [9.17, 15) is 0 Å². The molecule has 0 amide bonds. The molecule has 1 heteroatoms. The molecule has 1 fully saturated rings. The van der Waals surface area contributed by atoms with Crippen LogP contribution < -0.4 is 0 Å². The van der Waals surface area contributed by atoms with E-state index in [1.54, 1.807) is 5.56 Å². The van der Waals surface area contributed by atoms with Crippen LogP contribution in [0.4, 0.5) is 0 Å². The molecule has 0 bridgehead atoms. The van der Waals surface area contributed by atoms with Crippen LogP contribution in [0.1, 0.15) is 57.6 Å². The first kappa shape index (κ1) is 13.6. The van der Waals surface area contributed by atoms with Gasteiger partial charge in [0, 0.05) is 24.8 Å². The van der Waals surface area contributed by atoms with Crippen molar-refractivity contribution in [2.45, 2.75) is 52.0 Å². The number of unbranched alkanes of at least 4 members (excludes halogenated alkanes) is 1. The molecule has 2 rings (SSSR count). The topological polar surface area (TPSA) is 0 Å². The summed E-state index contributed by atoms with van der Waals surface area (Å²) in [6, 6.07) is 11.9. The summed E-state index contributed by atoms with van der Waals surface area (Å²) < 4.78 is 1.36. The summed E-state index contributed by atoms with van der Waals surface area (Å²) in [5.74, 6) is 0. The SMILES string of the molecule is CCCC[N+]1(C(CC)c2ccccc2)CCCC1. The maximum atomic E-state index is 2.36. The van der Waals surface area contributed by atoms with E-state index in [-0.39, 0.29) is 0 Å². The Hall–Kier alpha value is -0.820. The molecular formula is C17H28N+. The van der Waals surface area contributed by atoms with Crippen molar-refractivity contribution >= 4 is 0 Å². The second-order valence-electron chi connectivity index (χ2n) is 5.78. The summed E-state index contributed by atoms with van der Waals surface area (Å²) in [5.41, 5.74) is 1.55. The van der Waals surface area contributed by atoms with E-state index in [2.05, 4.69) is 44.2 Å². The third kappa shape index (κ3) is 2.77. The van der Waals surface area contributed by atoms with Crippen molar-refractivity contribution in [1.82, 2.24) is 0 Å². The molecule has 0 spiro atoms. The van der Waals surface area contributed by atoms with Crippen LogP contribution in [0.25, 0.3) is 0 Å². The highest BCUT2D eigenvalue weighted by Gasteiger charge is 2.38. The molecule has 18 heavy (non-hydrogen) atoms. The highest BCUT2D eigenvalue weighted by molar-refractivity contribution is 5.17. The second-order valence-corrected chi connectivity index (χ2v) is 5.78. The predicted molar refractivity (Wildman–Crippen MR) is 78.5 cm³/mol. The first-order valence-corrected chi connectivity index (χ1v) is 7.73. The Morgan fingerprint density at radius 3 is 2.28 bits per heavy atom. The van der Waals surface area contributed by atoms with Crippen molar-refractivity contribution < 1.29 is 4.48 Å². The first-order chi connectivity index (χ1) is 8.82. The summed E-state index contributed by atoms with van der Waals surface area (Å²) in [6.07, 6.45) is 6.82. The van der Waals surface area contributed by atoms with Gasteiger partial charge in [-0.15, -0.1) is 0 Å². The summed E-state index contributed by atoms with van der Waals surface area (Å²) in [4.78, 5) is 0. The molecule has 1 aliphatic heterocycles. The van der Waals surface area contributed by atoms with E-state index in [1.165, 1.54) is 56.2 Å². The van der Waals surface area contributed by atoms with Gasteiger partial charge in [-0.2, -0.15) is 0 Å². The summed E-state index contributed by atoms with van der Waals surface area (Å²) >= 11 is 0. The lowest BCUT2D eigenvalue weighted by atomic mass is 9.99. The minimum atomic E-state index is 0.722. The van der Waals surface area contributed by atoms with Gasteiger partial charge < -0.3 is 4.48 Å². The van der Waals surface area contributed by atoms with E-state index in [0.29, 0.717) is 0 Å². The molecule has 0 radical (unpaired) electrons. The van der Waals surface area contributed by atoms with Gasteiger partial charge in [0.1, 0.15) is 6.04 Å². The monoisotopic (exact) mass is 246 g/mol. The average molecular weight is 246 g/mol. The minimum absolute atomic E-state index is 0.722. The molecule has 1 aliphatic rings. The largest absolute Gasteiger partial charge is 0.317 e. The van der Waals surface area contributed by atoms with Gasteiger partial charge in [0.2, 0.25) is 0 Å². The van der Waals surface area contributed by atoms with Crippen LogP contribution in [0.5, 0.6) is 0 Å². The highest BCUT2D eigenvalue weighted by atomic mass is 15.4. The van der Waals surface area contributed by atoms with Gasteiger partial charge in [-0.25, -0.2) is 0 Å². The van der Waals surface area contributed by atoms with Gasteiger partial charge in [-0.3, -0.25) is 0 Å². The van der Waals surface area contributed by atoms with Crippen LogP contribution in [0, 0.1) is 0 Å². The predicted octanol–water partition coefficient (Wildman–Crippen LogP) is 4.55. The number of hydrogen-bond acceptors (Lipinski definition) is 0. The number of quaternary nitrogens is 1. The third-order valence-electron chi connectivity index (χ3n) is 4.65. The average Bonchev–Trinajstić information content (AvgIpc) is 2.88. The fraction of sp³-hybridized carbons (Fsp3) is 0.647. The Kier molecular flexibility index (Phi) is 4.82. The van der Waals surface area contributed by atoms with E-state index >= 15 is 0 Å². The summed E-state index contributed by atoms with van der Waals surface area (Å²) in [5, 5.41) is 0. The molecule has 100 valence electrons. The lowest BCUT2D eigenvalue weighted by molar-refractivity contribution is -0.946. The molecule has 1 saturated heterocycles. The molecular weight excluding hydrogens is 218 g/mol. The number of rotatable bonds is 6. The Labute approximate surface area is 112 Å². The molecule has 1 atom stereocenters. The standard InChI is InChI=1S/C17H28N/c1-3-5-13-18(14-9-10-15-18)17(4-2)16-11-7-6-8-12-16/h6-8,11-12,17H,3-5,9-10,13-15H2,1-2H3/q+1. The second kappa shape index (κ2) is 6.38. The van der Waals surface area contributed by atoms with Crippen LogP contribution in [-0.2, 0) is 0 Å². The van der Waals surface area contributed by atoms with E-state index < -0.39 is 0 Å². The van der Waals surface area contributed by atoms with Crippen molar-refractivity contribution in [3.63, 3.8) is 0 Å². The number of hydrogen-bond donors (Lipinski definition) is 0. The maximum absolute atomic E-state index is 2.36. The van der Waals surface area contributed by atoms with E-state index in [1.807, 2.05) is 0 Å². The smallest absolute Gasteiger partial charge is 0.114 e. The summed E-state index contributed by atoms with van der Waals surface area (Å²) in [6.45, 7) is 8.85. The van der Waals surface area contributed by atoms with Gasteiger partial charge >= 0.3 is 0 Å². The van der Waals surface area contributed by atoms with Crippen LogP contribution >= 0.6 is 0 Å². The molecule has 1 heterocycles. The van der Waals surface area contributed by atoms with E-state index in [0.717, 1.165) is 6.04 Å². The number of nitrogens with zero attached hydrogens (tertiary/aromatic N) is 1. The minimum Gasteiger partial charge on any atom is -0.317 e. The van der Waals surface area contributed by atoms with Gasteiger partial charge in [0.25, 0.3) is 0 Å². The molecule has 1 aromatic carbocycles. The lowest BCUT2D eigenvalue weighted by Gasteiger charge is -2.42. The van der Waals surface area contributed by atoms with Crippen LogP contribution in [-0.4, -0.2) is 24.1 Å². The Balaban J connectivity index is 2.22. The zero-order valence-electron chi connectivity index (χ0n) is 12.1. The van der Waals surface area contributed by atoms with Crippen molar-refractivity contribution in [2.24, 2.45) is 0 Å². The normalized spacial score (nSPS) is 19.9. The Bertz CT molecular complexity index is 338. The van der Waals surface area contributed by atoms with Crippen LogP contribution in [0.2, 0.25) is 0 Å². The molecule has 1 nitrogen and oxygen atoms in total. The maximum Gasteiger partial charge on any atom is 0.114 e.